The van der Waals surface area contributed by atoms with Gasteiger partial charge in [-0.1, -0.05) is 12.1 Å². The molecule has 28 heavy (non-hydrogen) atoms. The first-order chi connectivity index (χ1) is 13.8. The van der Waals surface area contributed by atoms with Gasteiger partial charge in [0.1, 0.15) is 17.1 Å². The number of benzene rings is 1. The van der Waals surface area contributed by atoms with E-state index >= 15 is 0 Å². The van der Waals surface area contributed by atoms with Crippen LogP contribution in [-0.4, -0.2) is 53.3 Å². The summed E-state index contributed by atoms with van der Waals surface area (Å²) in [4.78, 5) is 11.3. The lowest BCUT2D eigenvalue weighted by atomic mass is 10.1. The summed E-state index contributed by atoms with van der Waals surface area (Å²) < 4.78 is 13.5. The highest BCUT2D eigenvalue weighted by Gasteiger charge is 2.13. The lowest BCUT2D eigenvalue weighted by Gasteiger charge is -2.25. The maximum absolute atomic E-state index is 6.04. The molecule has 4 heterocycles. The number of hydrogen-bond acceptors (Lipinski definition) is 5. The third kappa shape index (κ3) is 3.69. The molecule has 6 nitrogen and oxygen atoms in total. The number of fused-ring (bicyclic) bond motifs is 1. The molecule has 2 aliphatic heterocycles. The van der Waals surface area contributed by atoms with Crippen LogP contribution in [0.3, 0.4) is 0 Å². The molecule has 0 amide bonds. The van der Waals surface area contributed by atoms with Gasteiger partial charge >= 0.3 is 0 Å². The molecule has 2 aliphatic rings. The van der Waals surface area contributed by atoms with Gasteiger partial charge in [0.15, 0.2) is 0 Å². The predicted molar refractivity (Wildman–Crippen MR) is 109 cm³/mol. The minimum Gasteiger partial charge on any atom is -0.456 e. The second kappa shape index (κ2) is 7.58. The van der Waals surface area contributed by atoms with Gasteiger partial charge in [-0.3, -0.25) is 9.89 Å². The molecule has 3 aromatic rings. The molecule has 2 aromatic heterocycles. The number of allylic oxidation sites excluding steroid dienone is 1. The average Bonchev–Trinajstić information content (AvgIpc) is 3.39. The Bertz CT molecular complexity index is 1030. The Morgan fingerprint density at radius 3 is 2.57 bits per heavy atom. The van der Waals surface area contributed by atoms with Crippen molar-refractivity contribution >= 4 is 17.4 Å². The van der Waals surface area contributed by atoms with Crippen LogP contribution in [0.5, 0.6) is 11.5 Å². The van der Waals surface area contributed by atoms with Crippen molar-refractivity contribution in [2.45, 2.75) is 6.54 Å². The van der Waals surface area contributed by atoms with Crippen molar-refractivity contribution in [2.75, 3.05) is 32.8 Å². The van der Waals surface area contributed by atoms with Crippen LogP contribution in [0.25, 0.3) is 11.2 Å². The van der Waals surface area contributed by atoms with Gasteiger partial charge in [0.2, 0.25) is 0 Å². The molecule has 0 aliphatic carbocycles. The second-order valence-corrected chi connectivity index (χ2v) is 7.06. The quantitative estimate of drug-likeness (QED) is 0.687. The number of imidazole rings is 1. The highest BCUT2D eigenvalue weighted by Crippen LogP contribution is 2.25. The zero-order chi connectivity index (χ0) is 18.8. The smallest absolute Gasteiger partial charge is 0.144 e. The summed E-state index contributed by atoms with van der Waals surface area (Å²) in [5, 5.41) is 0. The summed E-state index contributed by atoms with van der Waals surface area (Å²) in [6.45, 7) is 5.12. The Morgan fingerprint density at radius 1 is 0.964 bits per heavy atom. The molecule has 0 N–H and O–H groups in total. The Balaban J connectivity index is 1.29. The molecule has 0 bridgehead atoms. The molecule has 0 unspecified atom stereocenters. The Hall–Kier alpha value is -2.96. The van der Waals surface area contributed by atoms with Crippen molar-refractivity contribution in [1.29, 1.82) is 0 Å². The monoisotopic (exact) mass is 374 g/mol. The van der Waals surface area contributed by atoms with Crippen LogP contribution in [0.2, 0.25) is 0 Å². The Morgan fingerprint density at radius 2 is 1.79 bits per heavy atom. The van der Waals surface area contributed by atoms with E-state index in [0.29, 0.717) is 0 Å². The van der Waals surface area contributed by atoms with E-state index in [4.69, 9.17) is 14.5 Å². The van der Waals surface area contributed by atoms with Crippen LogP contribution in [0.4, 0.5) is 0 Å². The number of aliphatic imine (C=N–C) groups is 1. The Kier molecular flexibility index (Phi) is 4.64. The summed E-state index contributed by atoms with van der Waals surface area (Å²) in [7, 11) is 0. The molecule has 142 valence electrons. The van der Waals surface area contributed by atoms with Gasteiger partial charge in [0.05, 0.1) is 31.6 Å². The first-order valence-corrected chi connectivity index (χ1v) is 9.58. The molecule has 6 heteroatoms. The van der Waals surface area contributed by atoms with Crippen molar-refractivity contribution in [2.24, 2.45) is 4.99 Å². The highest BCUT2D eigenvalue weighted by molar-refractivity contribution is 5.89. The molecule has 0 radical (unpaired) electrons. The van der Waals surface area contributed by atoms with E-state index in [1.54, 1.807) is 0 Å². The third-order valence-corrected chi connectivity index (χ3v) is 5.07. The molecular weight excluding hydrogens is 352 g/mol. The van der Waals surface area contributed by atoms with Crippen LogP contribution in [-0.2, 0) is 11.3 Å². The van der Waals surface area contributed by atoms with Gasteiger partial charge < -0.3 is 13.9 Å². The van der Waals surface area contributed by atoms with Crippen molar-refractivity contribution in [3.05, 3.63) is 66.1 Å². The summed E-state index contributed by atoms with van der Waals surface area (Å²) in [5.74, 6) is 1.61. The van der Waals surface area contributed by atoms with Crippen molar-refractivity contribution in [1.82, 2.24) is 14.3 Å². The summed E-state index contributed by atoms with van der Waals surface area (Å²) in [6, 6.07) is 12.1. The van der Waals surface area contributed by atoms with Gasteiger partial charge in [-0.2, -0.15) is 0 Å². The van der Waals surface area contributed by atoms with Crippen LogP contribution in [0.15, 0.2) is 59.9 Å². The van der Waals surface area contributed by atoms with Crippen LogP contribution in [0, 0.1) is 0 Å². The fourth-order valence-electron chi connectivity index (χ4n) is 3.56. The second-order valence-electron chi connectivity index (χ2n) is 7.06. The van der Waals surface area contributed by atoms with Crippen LogP contribution in [0.1, 0.15) is 11.3 Å². The van der Waals surface area contributed by atoms with Crippen molar-refractivity contribution < 1.29 is 9.47 Å². The Labute approximate surface area is 163 Å². The largest absolute Gasteiger partial charge is 0.456 e. The first kappa shape index (κ1) is 17.2. The van der Waals surface area contributed by atoms with E-state index in [1.807, 2.05) is 41.1 Å². The topological polar surface area (TPSA) is 51.4 Å². The summed E-state index contributed by atoms with van der Waals surface area (Å²) in [6.07, 6.45) is 7.96. The normalized spacial score (nSPS) is 17.2. The number of pyridine rings is 1. The minimum atomic E-state index is 0.754. The lowest BCUT2D eigenvalue weighted by molar-refractivity contribution is 0.0337. The van der Waals surface area contributed by atoms with E-state index in [0.717, 1.165) is 62.2 Å². The summed E-state index contributed by atoms with van der Waals surface area (Å²) in [5.41, 5.74) is 4.41. The number of aromatic nitrogens is 2. The number of nitrogens with zero attached hydrogens (tertiary/aromatic N) is 4. The lowest BCUT2D eigenvalue weighted by Crippen LogP contribution is -2.35. The zero-order valence-electron chi connectivity index (χ0n) is 15.6. The number of morpholine rings is 1. The maximum atomic E-state index is 6.04. The van der Waals surface area contributed by atoms with Crippen LogP contribution < -0.4 is 4.74 Å². The van der Waals surface area contributed by atoms with Gasteiger partial charge in [-0.25, -0.2) is 4.98 Å². The van der Waals surface area contributed by atoms with E-state index in [1.165, 1.54) is 11.1 Å². The molecule has 5 rings (SSSR count). The highest BCUT2D eigenvalue weighted by atomic mass is 16.5. The molecule has 1 saturated heterocycles. The number of rotatable bonds is 5. The maximum Gasteiger partial charge on any atom is 0.144 e. The van der Waals surface area contributed by atoms with E-state index in [9.17, 15) is 0 Å². The molecule has 1 fully saturated rings. The van der Waals surface area contributed by atoms with Gasteiger partial charge in [0, 0.05) is 32.0 Å². The number of hydrogen-bond donors (Lipinski definition) is 0. The molecule has 0 spiro atoms. The minimum absolute atomic E-state index is 0.754. The molecule has 0 atom stereocenters. The SMILES string of the molecule is C1=NCC(c2ccc(Oc3ccc4nc(CN5CCOCC5)cn4c3)cc2)=C1. The van der Waals surface area contributed by atoms with E-state index in [-0.39, 0.29) is 0 Å². The van der Waals surface area contributed by atoms with Crippen molar-refractivity contribution in [3.63, 3.8) is 0 Å². The van der Waals surface area contributed by atoms with Crippen molar-refractivity contribution in [3.8, 4) is 11.5 Å². The fourth-order valence-corrected chi connectivity index (χ4v) is 3.56. The summed E-state index contributed by atoms with van der Waals surface area (Å²) >= 11 is 0. The van der Waals surface area contributed by atoms with E-state index in [2.05, 4.69) is 34.3 Å². The molecular formula is C22H22N4O2. The van der Waals surface area contributed by atoms with E-state index < -0.39 is 0 Å². The van der Waals surface area contributed by atoms with Gasteiger partial charge in [-0.05, 0) is 41.5 Å². The predicted octanol–water partition coefficient (Wildman–Crippen LogP) is 3.43. The first-order valence-electron chi connectivity index (χ1n) is 9.58. The zero-order valence-corrected chi connectivity index (χ0v) is 15.6. The molecule has 0 saturated carbocycles. The fraction of sp³-hybridized carbons (Fsp3) is 0.273. The van der Waals surface area contributed by atoms with Crippen LogP contribution >= 0.6 is 0 Å². The molecule has 1 aromatic carbocycles. The third-order valence-electron chi connectivity index (χ3n) is 5.07. The van der Waals surface area contributed by atoms with Gasteiger partial charge in [-0.15, -0.1) is 0 Å². The standard InChI is InChI=1S/C22H22N4O2/c1-3-20(4-2-17(1)18-7-8-23-13-18)28-21-5-6-22-24-19(15-26(22)16-21)14-25-9-11-27-12-10-25/h1-8,15-16H,9-14H2. The number of ether oxygens (including phenoxy) is 2. The average molecular weight is 374 g/mol. The van der Waals surface area contributed by atoms with Gasteiger partial charge in [0.25, 0.3) is 0 Å².